The van der Waals surface area contributed by atoms with Crippen LogP contribution in [-0.2, 0) is 14.3 Å². The van der Waals surface area contributed by atoms with Crippen LogP contribution in [0.3, 0.4) is 0 Å². The first kappa shape index (κ1) is 14.0. The maximum absolute atomic E-state index is 13.4. The van der Waals surface area contributed by atoms with Crippen molar-refractivity contribution in [1.82, 2.24) is 0 Å². The van der Waals surface area contributed by atoms with Gasteiger partial charge in [0, 0.05) is 6.92 Å². The maximum atomic E-state index is 13.4. The third kappa shape index (κ3) is 2.99. The zero-order chi connectivity index (χ0) is 13.9. The van der Waals surface area contributed by atoms with E-state index >= 15 is 0 Å². The fourth-order valence-electron chi connectivity index (χ4n) is 1.27. The first-order chi connectivity index (χ1) is 8.25. The van der Waals surface area contributed by atoms with E-state index < -0.39 is 29.8 Å². The number of carbonyl (C=O) groups excluding carboxylic acids is 1. The molecule has 1 rings (SSSR count). The number of hydrogen-bond acceptors (Lipinski definition) is 3. The molecule has 18 heavy (non-hydrogen) atoms. The third-order valence-electron chi connectivity index (χ3n) is 2.07. The number of ether oxygens (including phenoxy) is 1. The van der Waals surface area contributed by atoms with Crippen LogP contribution in [0.2, 0.25) is 0 Å². The molecule has 0 saturated carbocycles. The van der Waals surface area contributed by atoms with Crippen molar-refractivity contribution in [3.05, 3.63) is 35.6 Å². The lowest BCUT2D eigenvalue weighted by Crippen LogP contribution is -2.37. The number of benzene rings is 1. The summed E-state index contributed by atoms with van der Waals surface area (Å²) >= 11 is 0. The lowest BCUT2D eigenvalue weighted by Gasteiger charge is -2.23. The number of halogens is 3. The number of aliphatic carboxylic acids is 1. The van der Waals surface area contributed by atoms with Crippen LogP contribution >= 0.6 is 0 Å². The number of alkyl halides is 2. The van der Waals surface area contributed by atoms with Crippen LogP contribution in [0.5, 0.6) is 0 Å². The highest BCUT2D eigenvalue weighted by Crippen LogP contribution is 2.35. The summed E-state index contributed by atoms with van der Waals surface area (Å²) in [7, 11) is 0. The van der Waals surface area contributed by atoms with Crippen molar-refractivity contribution in [2.75, 3.05) is 0 Å². The molecule has 0 radical (unpaired) electrons. The molecule has 0 heterocycles. The lowest BCUT2D eigenvalue weighted by atomic mass is 10.0. The average molecular weight is 262 g/mol. The summed E-state index contributed by atoms with van der Waals surface area (Å²) in [4.78, 5) is 21.2. The number of hydrogen-bond donors (Lipinski definition) is 1. The van der Waals surface area contributed by atoms with Gasteiger partial charge in [-0.15, -0.1) is 0 Å². The van der Waals surface area contributed by atoms with Crippen molar-refractivity contribution in [2.24, 2.45) is 0 Å². The average Bonchev–Trinajstić information content (AvgIpc) is 2.26. The molecule has 4 nitrogen and oxygen atoms in total. The zero-order valence-electron chi connectivity index (χ0n) is 9.19. The summed E-state index contributed by atoms with van der Waals surface area (Å²) in [5.41, 5.74) is -0.306. The van der Waals surface area contributed by atoms with Crippen molar-refractivity contribution in [3.8, 4) is 0 Å². The number of rotatable bonds is 4. The summed E-state index contributed by atoms with van der Waals surface area (Å²) < 4.78 is 43.7. The minimum Gasteiger partial charge on any atom is -0.477 e. The smallest absolute Gasteiger partial charge is 0.382 e. The molecule has 1 N–H and O–H groups in total. The van der Waals surface area contributed by atoms with Crippen LogP contribution in [0.1, 0.15) is 18.6 Å². The molecule has 0 aliphatic rings. The normalized spacial score (nSPS) is 12.9. The molecule has 0 fully saturated rings. The fraction of sp³-hybridized carbons (Fsp3) is 0.273. The number of esters is 1. The number of carboxylic acids is 1. The molecule has 7 heteroatoms. The third-order valence-corrected chi connectivity index (χ3v) is 2.07. The fourth-order valence-corrected chi connectivity index (χ4v) is 1.27. The van der Waals surface area contributed by atoms with Crippen LogP contribution in [-0.4, -0.2) is 23.0 Å². The minimum absolute atomic E-state index is 0.306. The number of carbonyl (C=O) groups is 2. The van der Waals surface area contributed by atoms with E-state index in [0.717, 1.165) is 31.2 Å². The van der Waals surface area contributed by atoms with Gasteiger partial charge in [-0.05, 0) is 17.7 Å². The van der Waals surface area contributed by atoms with Gasteiger partial charge in [-0.1, -0.05) is 12.1 Å². The Labute approximate surface area is 100.0 Å². The summed E-state index contributed by atoms with van der Waals surface area (Å²) in [6, 6.07) is 3.59. The quantitative estimate of drug-likeness (QED) is 0.844. The van der Waals surface area contributed by atoms with Gasteiger partial charge in [-0.3, -0.25) is 4.79 Å². The SMILES string of the molecule is CC(=O)OC(c1ccc(F)cc1)C(F)(F)C(=O)O. The Morgan fingerprint density at radius 1 is 1.28 bits per heavy atom. The molecular formula is C11H9F3O4. The lowest BCUT2D eigenvalue weighted by molar-refractivity contribution is -0.193. The largest absolute Gasteiger partial charge is 0.477 e. The van der Waals surface area contributed by atoms with Gasteiger partial charge in [0.15, 0.2) is 0 Å². The van der Waals surface area contributed by atoms with Crippen LogP contribution in [0.4, 0.5) is 13.2 Å². The molecule has 98 valence electrons. The van der Waals surface area contributed by atoms with Gasteiger partial charge in [0.2, 0.25) is 6.10 Å². The molecule has 1 aromatic carbocycles. The minimum atomic E-state index is -4.30. The van der Waals surface area contributed by atoms with Gasteiger partial charge in [0.1, 0.15) is 5.82 Å². The van der Waals surface area contributed by atoms with Gasteiger partial charge >= 0.3 is 17.9 Å². The van der Waals surface area contributed by atoms with E-state index in [9.17, 15) is 22.8 Å². The number of carboxylic acid groups (broad SMARTS) is 1. The Morgan fingerprint density at radius 2 is 1.78 bits per heavy atom. The second-order valence-corrected chi connectivity index (χ2v) is 3.47. The van der Waals surface area contributed by atoms with E-state index in [1.165, 1.54) is 0 Å². The first-order valence-corrected chi connectivity index (χ1v) is 4.79. The molecule has 0 aliphatic carbocycles. The van der Waals surface area contributed by atoms with E-state index in [1.807, 2.05) is 0 Å². The maximum Gasteiger partial charge on any atom is 0.382 e. The highest BCUT2D eigenvalue weighted by molar-refractivity contribution is 5.77. The van der Waals surface area contributed by atoms with Crippen molar-refractivity contribution >= 4 is 11.9 Å². The van der Waals surface area contributed by atoms with Crippen molar-refractivity contribution in [1.29, 1.82) is 0 Å². The summed E-state index contributed by atoms with van der Waals surface area (Å²) in [6.45, 7) is 0.869. The van der Waals surface area contributed by atoms with E-state index in [2.05, 4.69) is 4.74 Å². The van der Waals surface area contributed by atoms with Crippen LogP contribution in [0.25, 0.3) is 0 Å². The Morgan fingerprint density at radius 3 is 2.17 bits per heavy atom. The predicted octanol–water partition coefficient (Wildman–Crippen LogP) is 2.15. The standard InChI is InChI=1S/C11H9F3O4/c1-6(15)18-9(11(13,14)10(16)17)7-2-4-8(12)5-3-7/h2-5,9H,1H3,(H,16,17). The molecule has 0 spiro atoms. The molecule has 0 bridgehead atoms. The van der Waals surface area contributed by atoms with Gasteiger partial charge in [0.25, 0.3) is 0 Å². The Hall–Kier alpha value is -2.05. The molecular weight excluding hydrogens is 253 g/mol. The monoisotopic (exact) mass is 262 g/mol. The zero-order valence-corrected chi connectivity index (χ0v) is 9.19. The summed E-state index contributed by atoms with van der Waals surface area (Å²) in [5.74, 6) is -8.48. The first-order valence-electron chi connectivity index (χ1n) is 4.79. The summed E-state index contributed by atoms with van der Waals surface area (Å²) in [6.07, 6.45) is -2.30. The Balaban J connectivity index is 3.17. The molecule has 0 aromatic heterocycles. The summed E-state index contributed by atoms with van der Waals surface area (Å²) in [5, 5.41) is 8.43. The van der Waals surface area contributed by atoms with E-state index in [1.54, 1.807) is 0 Å². The Bertz CT molecular complexity index is 456. The molecule has 0 saturated heterocycles. The Kier molecular flexibility index (Phi) is 3.95. The highest BCUT2D eigenvalue weighted by atomic mass is 19.3. The van der Waals surface area contributed by atoms with Gasteiger partial charge in [0.05, 0.1) is 0 Å². The topological polar surface area (TPSA) is 63.6 Å². The van der Waals surface area contributed by atoms with E-state index in [0.29, 0.717) is 0 Å². The highest BCUT2D eigenvalue weighted by Gasteiger charge is 2.50. The van der Waals surface area contributed by atoms with Crippen molar-refractivity contribution in [3.63, 3.8) is 0 Å². The molecule has 0 aliphatic heterocycles. The molecule has 1 atom stereocenters. The van der Waals surface area contributed by atoms with E-state index in [4.69, 9.17) is 5.11 Å². The van der Waals surface area contributed by atoms with Gasteiger partial charge < -0.3 is 9.84 Å². The van der Waals surface area contributed by atoms with Crippen molar-refractivity contribution < 1.29 is 32.6 Å². The predicted molar refractivity (Wildman–Crippen MR) is 53.5 cm³/mol. The van der Waals surface area contributed by atoms with Gasteiger partial charge in [-0.2, -0.15) is 8.78 Å². The molecule has 1 unspecified atom stereocenters. The van der Waals surface area contributed by atoms with Crippen LogP contribution in [0, 0.1) is 5.82 Å². The van der Waals surface area contributed by atoms with Crippen molar-refractivity contribution in [2.45, 2.75) is 19.0 Å². The van der Waals surface area contributed by atoms with Crippen LogP contribution < -0.4 is 0 Å². The molecule has 1 aromatic rings. The van der Waals surface area contributed by atoms with Crippen LogP contribution in [0.15, 0.2) is 24.3 Å². The van der Waals surface area contributed by atoms with E-state index in [-0.39, 0.29) is 5.56 Å². The second kappa shape index (κ2) is 5.07. The van der Waals surface area contributed by atoms with Gasteiger partial charge in [-0.25, -0.2) is 9.18 Å². The molecule has 0 amide bonds. The second-order valence-electron chi connectivity index (χ2n) is 3.47.